The minimum atomic E-state index is 0.369. The molecule has 1 unspecified atom stereocenters. The molecule has 4 heteroatoms. The average Bonchev–Trinajstić information content (AvgIpc) is 2.43. The van der Waals surface area contributed by atoms with Gasteiger partial charge in [0.15, 0.2) is 0 Å². The highest BCUT2D eigenvalue weighted by Crippen LogP contribution is 2.33. The number of hydrogen-bond acceptors (Lipinski definition) is 3. The Balaban J connectivity index is 2.86. The molecule has 1 aromatic carbocycles. The van der Waals surface area contributed by atoms with E-state index in [2.05, 4.69) is 35.8 Å². The van der Waals surface area contributed by atoms with Crippen molar-refractivity contribution >= 4 is 15.9 Å². The SMILES string of the molecule is CCCOc1ccc(Br)cc1C(C)CC(CN)CN. The second-order valence-corrected chi connectivity index (χ2v) is 5.92. The van der Waals surface area contributed by atoms with Gasteiger partial charge in [-0.3, -0.25) is 0 Å². The third-order valence-corrected chi connectivity index (χ3v) is 3.81. The lowest BCUT2D eigenvalue weighted by atomic mass is 9.89. The van der Waals surface area contributed by atoms with Gasteiger partial charge in [-0.2, -0.15) is 0 Å². The van der Waals surface area contributed by atoms with Gasteiger partial charge in [0, 0.05) is 4.47 Å². The van der Waals surface area contributed by atoms with Gasteiger partial charge in [-0.25, -0.2) is 0 Å². The Morgan fingerprint density at radius 1 is 1.26 bits per heavy atom. The average molecular weight is 329 g/mol. The molecule has 1 atom stereocenters. The molecule has 0 saturated carbocycles. The van der Waals surface area contributed by atoms with Crippen molar-refractivity contribution in [3.05, 3.63) is 28.2 Å². The summed E-state index contributed by atoms with van der Waals surface area (Å²) in [5.74, 6) is 1.74. The van der Waals surface area contributed by atoms with Gasteiger partial charge in [0.1, 0.15) is 5.75 Å². The van der Waals surface area contributed by atoms with Gasteiger partial charge in [-0.15, -0.1) is 0 Å². The van der Waals surface area contributed by atoms with E-state index in [9.17, 15) is 0 Å². The first-order valence-electron chi connectivity index (χ1n) is 6.94. The molecule has 0 saturated heterocycles. The van der Waals surface area contributed by atoms with Gasteiger partial charge in [-0.1, -0.05) is 29.8 Å². The molecule has 0 spiro atoms. The molecule has 4 N–H and O–H groups in total. The molecule has 19 heavy (non-hydrogen) atoms. The Hall–Kier alpha value is -0.580. The van der Waals surface area contributed by atoms with E-state index in [0.717, 1.165) is 29.7 Å². The number of nitrogens with two attached hydrogens (primary N) is 2. The van der Waals surface area contributed by atoms with Gasteiger partial charge >= 0.3 is 0 Å². The highest BCUT2D eigenvalue weighted by Gasteiger charge is 2.16. The molecule has 0 amide bonds. The van der Waals surface area contributed by atoms with Crippen molar-refractivity contribution in [3.8, 4) is 5.75 Å². The normalized spacial score (nSPS) is 12.7. The van der Waals surface area contributed by atoms with Crippen LogP contribution in [0.4, 0.5) is 0 Å². The summed E-state index contributed by atoms with van der Waals surface area (Å²) in [7, 11) is 0. The Morgan fingerprint density at radius 3 is 2.53 bits per heavy atom. The van der Waals surface area contributed by atoms with Gasteiger partial charge in [-0.05, 0) is 61.5 Å². The van der Waals surface area contributed by atoms with Crippen LogP contribution in [-0.4, -0.2) is 19.7 Å². The van der Waals surface area contributed by atoms with E-state index in [1.165, 1.54) is 5.56 Å². The van der Waals surface area contributed by atoms with Crippen LogP contribution in [0.5, 0.6) is 5.75 Å². The number of halogens is 1. The van der Waals surface area contributed by atoms with E-state index in [0.29, 0.717) is 24.9 Å². The zero-order valence-electron chi connectivity index (χ0n) is 11.9. The zero-order chi connectivity index (χ0) is 14.3. The van der Waals surface area contributed by atoms with E-state index in [1.54, 1.807) is 0 Å². The van der Waals surface area contributed by atoms with Gasteiger partial charge in [0.25, 0.3) is 0 Å². The van der Waals surface area contributed by atoms with Gasteiger partial charge < -0.3 is 16.2 Å². The van der Waals surface area contributed by atoms with E-state index in [4.69, 9.17) is 16.2 Å². The van der Waals surface area contributed by atoms with Gasteiger partial charge in [0.05, 0.1) is 6.61 Å². The maximum atomic E-state index is 5.83. The third kappa shape index (κ3) is 5.13. The number of benzene rings is 1. The van der Waals surface area contributed by atoms with E-state index >= 15 is 0 Å². The highest BCUT2D eigenvalue weighted by molar-refractivity contribution is 9.10. The molecule has 1 aromatic rings. The third-order valence-electron chi connectivity index (χ3n) is 3.32. The molecule has 108 valence electrons. The minimum Gasteiger partial charge on any atom is -0.493 e. The summed E-state index contributed by atoms with van der Waals surface area (Å²) in [5.41, 5.74) is 12.7. The fourth-order valence-electron chi connectivity index (χ4n) is 2.16. The zero-order valence-corrected chi connectivity index (χ0v) is 13.4. The minimum absolute atomic E-state index is 0.369. The first kappa shape index (κ1) is 16.5. The summed E-state index contributed by atoms with van der Waals surface area (Å²) >= 11 is 3.53. The molecular weight excluding hydrogens is 304 g/mol. The van der Waals surface area contributed by atoms with E-state index < -0.39 is 0 Å². The van der Waals surface area contributed by atoms with Crippen molar-refractivity contribution in [1.29, 1.82) is 0 Å². The monoisotopic (exact) mass is 328 g/mol. The Kier molecular flexibility index (Phi) is 7.42. The summed E-state index contributed by atoms with van der Waals surface area (Å²) in [6.07, 6.45) is 2.00. The van der Waals surface area contributed by atoms with Crippen LogP contribution in [-0.2, 0) is 0 Å². The molecule has 0 fully saturated rings. The van der Waals surface area contributed by atoms with Crippen molar-refractivity contribution in [3.63, 3.8) is 0 Å². The van der Waals surface area contributed by atoms with Crippen molar-refractivity contribution in [1.82, 2.24) is 0 Å². The largest absolute Gasteiger partial charge is 0.493 e. The first-order chi connectivity index (χ1) is 9.12. The summed E-state index contributed by atoms with van der Waals surface area (Å²) in [5, 5.41) is 0. The second-order valence-electron chi connectivity index (χ2n) is 5.00. The van der Waals surface area contributed by atoms with Gasteiger partial charge in [0.2, 0.25) is 0 Å². The predicted octanol–water partition coefficient (Wildman–Crippen LogP) is 3.27. The summed E-state index contributed by atoms with van der Waals surface area (Å²) in [6, 6.07) is 6.19. The lowest BCUT2D eigenvalue weighted by molar-refractivity contribution is 0.310. The van der Waals surface area contributed by atoms with E-state index in [1.807, 2.05) is 12.1 Å². The molecule has 1 rings (SSSR count). The van der Waals surface area contributed by atoms with Crippen LogP contribution < -0.4 is 16.2 Å². The molecule has 0 radical (unpaired) electrons. The summed E-state index contributed by atoms with van der Waals surface area (Å²) in [6.45, 7) is 6.35. The van der Waals surface area contributed by atoms with Crippen molar-refractivity contribution in [2.24, 2.45) is 17.4 Å². The number of ether oxygens (including phenoxy) is 1. The van der Waals surface area contributed by atoms with Crippen molar-refractivity contribution < 1.29 is 4.74 Å². The quantitative estimate of drug-likeness (QED) is 0.769. The molecule has 0 bridgehead atoms. The topological polar surface area (TPSA) is 61.3 Å². The highest BCUT2D eigenvalue weighted by atomic mass is 79.9. The Morgan fingerprint density at radius 2 is 1.95 bits per heavy atom. The number of hydrogen-bond donors (Lipinski definition) is 2. The second kappa shape index (κ2) is 8.56. The summed E-state index contributed by atoms with van der Waals surface area (Å²) < 4.78 is 6.91. The maximum absolute atomic E-state index is 5.83. The van der Waals surface area contributed by atoms with Crippen LogP contribution in [0, 0.1) is 5.92 Å². The molecular formula is C15H25BrN2O. The lowest BCUT2D eigenvalue weighted by Gasteiger charge is -2.21. The van der Waals surface area contributed by atoms with Crippen LogP contribution in [0.3, 0.4) is 0 Å². The maximum Gasteiger partial charge on any atom is 0.122 e. The standard InChI is InChI=1S/C15H25BrN2O/c1-3-6-19-15-5-4-13(16)8-14(15)11(2)7-12(9-17)10-18/h4-5,8,11-12H,3,6-7,9-10,17-18H2,1-2H3. The van der Waals surface area contributed by atoms with Crippen molar-refractivity contribution in [2.45, 2.75) is 32.6 Å². The molecule has 0 aromatic heterocycles. The molecule has 0 heterocycles. The van der Waals surface area contributed by atoms with Crippen LogP contribution >= 0.6 is 15.9 Å². The lowest BCUT2D eigenvalue weighted by Crippen LogP contribution is -2.24. The first-order valence-corrected chi connectivity index (χ1v) is 7.74. The van der Waals surface area contributed by atoms with Crippen LogP contribution in [0.15, 0.2) is 22.7 Å². The molecule has 3 nitrogen and oxygen atoms in total. The predicted molar refractivity (Wildman–Crippen MR) is 84.6 cm³/mol. The van der Waals surface area contributed by atoms with Crippen LogP contribution in [0.2, 0.25) is 0 Å². The smallest absolute Gasteiger partial charge is 0.122 e. The van der Waals surface area contributed by atoms with Crippen LogP contribution in [0.25, 0.3) is 0 Å². The Bertz CT molecular complexity index is 380. The summed E-state index contributed by atoms with van der Waals surface area (Å²) in [4.78, 5) is 0. The Labute approximate surface area is 124 Å². The molecule has 0 aliphatic carbocycles. The molecule has 0 aliphatic heterocycles. The fraction of sp³-hybridized carbons (Fsp3) is 0.600. The molecule has 0 aliphatic rings. The van der Waals surface area contributed by atoms with Crippen molar-refractivity contribution in [2.75, 3.05) is 19.7 Å². The van der Waals surface area contributed by atoms with Crippen LogP contribution in [0.1, 0.15) is 38.2 Å². The van der Waals surface area contributed by atoms with E-state index in [-0.39, 0.29) is 0 Å². The number of rotatable bonds is 8. The fourth-order valence-corrected chi connectivity index (χ4v) is 2.54.